The molecule has 3 aromatic carbocycles. The van der Waals surface area contributed by atoms with Crippen LogP contribution in [-0.4, -0.2) is 24.9 Å². The number of para-hydroxylation sites is 2. The van der Waals surface area contributed by atoms with Crippen LogP contribution in [0.1, 0.15) is 28.8 Å². The van der Waals surface area contributed by atoms with Gasteiger partial charge in [-0.3, -0.25) is 9.59 Å². The minimum atomic E-state index is -0.569. The number of amides is 2. The van der Waals surface area contributed by atoms with Gasteiger partial charge in [-0.05, 0) is 55.2 Å². The molecule has 1 aliphatic rings. The molecule has 1 fully saturated rings. The molecular formula is C26H26FN3O2. The smallest absolute Gasteiger partial charge is 0.258 e. The molecule has 0 bridgehead atoms. The number of primary amides is 1. The van der Waals surface area contributed by atoms with E-state index in [2.05, 4.69) is 10.2 Å². The highest BCUT2D eigenvalue weighted by molar-refractivity contribution is 6.06. The molecule has 1 aliphatic heterocycles. The molecule has 0 aromatic heterocycles. The Morgan fingerprint density at radius 3 is 2.28 bits per heavy atom. The van der Waals surface area contributed by atoms with Crippen LogP contribution in [0.2, 0.25) is 0 Å². The van der Waals surface area contributed by atoms with E-state index in [0.717, 1.165) is 22.4 Å². The van der Waals surface area contributed by atoms with Crippen molar-refractivity contribution in [3.8, 4) is 11.1 Å². The maximum absolute atomic E-state index is 14.8. The van der Waals surface area contributed by atoms with Crippen molar-refractivity contribution in [1.29, 1.82) is 0 Å². The van der Waals surface area contributed by atoms with Crippen molar-refractivity contribution in [1.82, 2.24) is 0 Å². The molecule has 0 aliphatic carbocycles. The third-order valence-corrected chi connectivity index (χ3v) is 5.99. The average Bonchev–Trinajstić information content (AvgIpc) is 2.80. The summed E-state index contributed by atoms with van der Waals surface area (Å²) in [6, 6.07) is 19.9. The van der Waals surface area contributed by atoms with E-state index in [-0.39, 0.29) is 17.4 Å². The van der Waals surface area contributed by atoms with Crippen molar-refractivity contribution < 1.29 is 14.0 Å². The molecule has 1 saturated heterocycles. The number of nitrogens with one attached hydrogen (secondary N) is 1. The van der Waals surface area contributed by atoms with Gasteiger partial charge in [0.15, 0.2) is 0 Å². The highest BCUT2D eigenvalue weighted by atomic mass is 19.1. The fourth-order valence-corrected chi connectivity index (χ4v) is 4.07. The van der Waals surface area contributed by atoms with E-state index in [0.29, 0.717) is 31.6 Å². The lowest BCUT2D eigenvalue weighted by molar-refractivity contribution is -0.122. The summed E-state index contributed by atoms with van der Waals surface area (Å²) < 4.78 is 14.8. The van der Waals surface area contributed by atoms with Gasteiger partial charge in [0.25, 0.3) is 5.91 Å². The lowest BCUT2D eigenvalue weighted by atomic mass is 9.96. The van der Waals surface area contributed by atoms with Crippen LogP contribution in [0.25, 0.3) is 11.1 Å². The summed E-state index contributed by atoms with van der Waals surface area (Å²) in [5, 5.41) is 2.85. The van der Waals surface area contributed by atoms with Crippen molar-refractivity contribution in [3.05, 3.63) is 83.7 Å². The molecule has 3 N–H and O–H groups in total. The first-order valence-electron chi connectivity index (χ1n) is 10.7. The number of anilines is 2. The van der Waals surface area contributed by atoms with Gasteiger partial charge in [-0.25, -0.2) is 4.39 Å². The Bertz CT molecular complexity index is 1140. The van der Waals surface area contributed by atoms with Crippen LogP contribution in [0.4, 0.5) is 15.8 Å². The van der Waals surface area contributed by atoms with Crippen molar-refractivity contribution in [2.45, 2.75) is 19.8 Å². The second-order valence-corrected chi connectivity index (χ2v) is 8.20. The number of rotatable bonds is 5. The average molecular weight is 432 g/mol. The molecule has 0 atom stereocenters. The third-order valence-electron chi connectivity index (χ3n) is 5.99. The molecule has 0 radical (unpaired) electrons. The lowest BCUT2D eigenvalue weighted by Gasteiger charge is -2.33. The fraction of sp³-hybridized carbons (Fsp3) is 0.231. The second kappa shape index (κ2) is 9.22. The Kier molecular flexibility index (Phi) is 6.21. The number of hydrogen-bond donors (Lipinski definition) is 2. The molecule has 4 rings (SSSR count). The quantitative estimate of drug-likeness (QED) is 0.612. The van der Waals surface area contributed by atoms with Crippen LogP contribution in [0.5, 0.6) is 0 Å². The van der Waals surface area contributed by atoms with Gasteiger partial charge in [-0.15, -0.1) is 0 Å². The summed E-state index contributed by atoms with van der Waals surface area (Å²) in [5.41, 5.74) is 9.62. The Balaban J connectivity index is 1.51. The van der Waals surface area contributed by atoms with Crippen LogP contribution < -0.4 is 16.0 Å². The molecule has 6 heteroatoms. The summed E-state index contributed by atoms with van der Waals surface area (Å²) in [5.74, 6) is -1.46. The van der Waals surface area contributed by atoms with E-state index in [9.17, 15) is 14.0 Å². The largest absolute Gasteiger partial charge is 0.370 e. The van der Waals surface area contributed by atoms with Crippen LogP contribution in [0, 0.1) is 18.7 Å². The highest BCUT2D eigenvalue weighted by Gasteiger charge is 2.25. The molecule has 32 heavy (non-hydrogen) atoms. The predicted molar refractivity (Wildman–Crippen MR) is 125 cm³/mol. The van der Waals surface area contributed by atoms with E-state index in [4.69, 9.17) is 5.73 Å². The predicted octanol–water partition coefficient (Wildman–Crippen LogP) is 4.76. The molecule has 2 amide bonds. The minimum Gasteiger partial charge on any atom is -0.370 e. The van der Waals surface area contributed by atoms with E-state index in [1.807, 2.05) is 49.4 Å². The number of hydrogen-bond acceptors (Lipinski definition) is 3. The van der Waals surface area contributed by atoms with E-state index in [1.54, 1.807) is 12.1 Å². The van der Waals surface area contributed by atoms with Crippen molar-refractivity contribution in [3.63, 3.8) is 0 Å². The van der Waals surface area contributed by atoms with E-state index < -0.39 is 11.7 Å². The maximum atomic E-state index is 14.8. The molecule has 1 heterocycles. The Morgan fingerprint density at radius 2 is 1.62 bits per heavy atom. The van der Waals surface area contributed by atoms with E-state index >= 15 is 0 Å². The van der Waals surface area contributed by atoms with Gasteiger partial charge in [0, 0.05) is 19.0 Å². The third kappa shape index (κ3) is 4.64. The lowest BCUT2D eigenvalue weighted by Crippen LogP contribution is -2.38. The number of carbonyl (C=O) groups excluding carboxylic acids is 2. The zero-order valence-corrected chi connectivity index (χ0v) is 18.0. The van der Waals surface area contributed by atoms with Gasteiger partial charge >= 0.3 is 0 Å². The van der Waals surface area contributed by atoms with Gasteiger partial charge in [0.1, 0.15) is 5.82 Å². The Morgan fingerprint density at radius 1 is 0.969 bits per heavy atom. The van der Waals surface area contributed by atoms with Gasteiger partial charge in [-0.2, -0.15) is 0 Å². The summed E-state index contributed by atoms with van der Waals surface area (Å²) in [4.78, 5) is 26.4. The maximum Gasteiger partial charge on any atom is 0.258 e. The minimum absolute atomic E-state index is 0.0110. The zero-order chi connectivity index (χ0) is 22.7. The van der Waals surface area contributed by atoms with E-state index in [1.165, 1.54) is 12.1 Å². The summed E-state index contributed by atoms with van der Waals surface area (Å²) >= 11 is 0. The molecule has 0 unspecified atom stereocenters. The first kappa shape index (κ1) is 21.6. The first-order chi connectivity index (χ1) is 15.4. The van der Waals surface area contributed by atoms with Gasteiger partial charge in [0.05, 0.1) is 16.9 Å². The highest BCUT2D eigenvalue weighted by Crippen LogP contribution is 2.30. The number of benzene rings is 3. The number of carbonyl (C=O) groups is 2. The number of piperidine rings is 1. The first-order valence-corrected chi connectivity index (χ1v) is 10.7. The van der Waals surface area contributed by atoms with Crippen molar-refractivity contribution in [2.24, 2.45) is 11.7 Å². The van der Waals surface area contributed by atoms with Crippen molar-refractivity contribution >= 4 is 23.2 Å². The number of aryl methyl sites for hydroxylation is 1. The molecule has 3 aromatic rings. The summed E-state index contributed by atoms with van der Waals surface area (Å²) in [7, 11) is 0. The van der Waals surface area contributed by atoms with Crippen LogP contribution in [0.15, 0.2) is 66.7 Å². The summed E-state index contributed by atoms with van der Waals surface area (Å²) in [6.45, 7) is 3.33. The molecular weight excluding hydrogens is 405 g/mol. The van der Waals surface area contributed by atoms with Gasteiger partial charge in [-0.1, -0.05) is 48.0 Å². The molecule has 0 spiro atoms. The Hall–Kier alpha value is -3.67. The van der Waals surface area contributed by atoms with Crippen LogP contribution in [-0.2, 0) is 4.79 Å². The van der Waals surface area contributed by atoms with Gasteiger partial charge in [0.2, 0.25) is 5.91 Å². The Labute approximate surface area is 187 Å². The van der Waals surface area contributed by atoms with Crippen molar-refractivity contribution in [2.75, 3.05) is 23.3 Å². The molecule has 0 saturated carbocycles. The molecule has 164 valence electrons. The number of nitrogens with zero attached hydrogens (tertiary/aromatic N) is 1. The van der Waals surface area contributed by atoms with Crippen LogP contribution >= 0.6 is 0 Å². The SMILES string of the molecule is Cc1ccc(-c2ccc(C(=O)Nc3ccccc3N3CCC(C(N)=O)CC3)c(F)c2)cc1. The topological polar surface area (TPSA) is 75.4 Å². The van der Waals surface area contributed by atoms with Crippen LogP contribution in [0.3, 0.4) is 0 Å². The fourth-order valence-electron chi connectivity index (χ4n) is 4.07. The molecule has 5 nitrogen and oxygen atoms in total. The standard InChI is InChI=1S/C26H26FN3O2/c1-17-6-8-18(9-7-17)20-10-11-21(22(27)16-20)26(32)29-23-4-2-3-5-24(23)30-14-12-19(13-15-30)25(28)31/h2-11,16,19H,12-15H2,1H3,(H2,28,31)(H,29,32). The number of halogens is 1. The zero-order valence-electron chi connectivity index (χ0n) is 18.0. The second-order valence-electron chi connectivity index (χ2n) is 8.20. The summed E-state index contributed by atoms with van der Waals surface area (Å²) in [6.07, 6.45) is 1.35. The normalized spacial score (nSPS) is 14.2. The van der Waals surface area contributed by atoms with Gasteiger partial charge < -0.3 is 16.0 Å². The monoisotopic (exact) mass is 431 g/mol. The number of nitrogens with two attached hydrogens (primary N) is 1.